The quantitative estimate of drug-likeness (QED) is 0.415. The van der Waals surface area contributed by atoms with E-state index in [1.807, 2.05) is 0 Å². The monoisotopic (exact) mass is 92.0 g/mol. The SMILES string of the molecule is [NaH].[c]1c[nH]nn1. The van der Waals surface area contributed by atoms with Crippen molar-refractivity contribution in [1.29, 1.82) is 0 Å². The molecule has 4 heteroatoms. The maximum Gasteiger partial charge on any atom is 0.134 e. The van der Waals surface area contributed by atoms with Gasteiger partial charge in [-0.05, 0) is 0 Å². The molecular formula is C2H3N3Na. The fourth-order valence-corrected chi connectivity index (χ4v) is 0.144. The summed E-state index contributed by atoms with van der Waals surface area (Å²) in [5.41, 5.74) is 0. The second-order valence-electron chi connectivity index (χ2n) is 0.603. The molecule has 0 unspecified atom stereocenters. The van der Waals surface area contributed by atoms with Gasteiger partial charge in [0.15, 0.2) is 0 Å². The summed E-state index contributed by atoms with van der Waals surface area (Å²) in [5.74, 6) is 0. The number of nitrogens with one attached hydrogen (secondary N) is 1. The summed E-state index contributed by atoms with van der Waals surface area (Å²) in [4.78, 5) is 0. The molecule has 1 rings (SSSR count). The number of rotatable bonds is 0. The van der Waals surface area contributed by atoms with Crippen molar-refractivity contribution >= 4 is 29.6 Å². The molecule has 0 amide bonds. The van der Waals surface area contributed by atoms with E-state index in [2.05, 4.69) is 21.6 Å². The maximum atomic E-state index is 3.29. The molecule has 27 valence electrons. The van der Waals surface area contributed by atoms with Crippen LogP contribution in [0.25, 0.3) is 0 Å². The van der Waals surface area contributed by atoms with E-state index in [9.17, 15) is 0 Å². The number of nitrogens with zero attached hydrogens (tertiary/aromatic N) is 2. The van der Waals surface area contributed by atoms with Crippen LogP contribution in [0, 0.1) is 6.20 Å². The Kier molecular flexibility index (Phi) is 3.41. The molecule has 0 aliphatic rings. The third kappa shape index (κ3) is 1.55. The van der Waals surface area contributed by atoms with Gasteiger partial charge in [-0.25, -0.2) is 0 Å². The molecule has 0 saturated carbocycles. The number of aromatic nitrogens is 3. The van der Waals surface area contributed by atoms with Crippen LogP contribution in [-0.2, 0) is 0 Å². The van der Waals surface area contributed by atoms with Crippen LogP contribution in [0.4, 0.5) is 0 Å². The fraction of sp³-hybridized carbons (Fsp3) is 0. The number of aromatic amines is 1. The Morgan fingerprint density at radius 3 is 2.67 bits per heavy atom. The first kappa shape index (κ1) is 6.14. The van der Waals surface area contributed by atoms with Gasteiger partial charge in [-0.15, -0.1) is 5.10 Å². The second kappa shape index (κ2) is 3.33. The van der Waals surface area contributed by atoms with Gasteiger partial charge in [0.25, 0.3) is 0 Å². The molecule has 3 nitrogen and oxygen atoms in total. The van der Waals surface area contributed by atoms with E-state index < -0.39 is 0 Å². The Morgan fingerprint density at radius 1 is 1.67 bits per heavy atom. The van der Waals surface area contributed by atoms with E-state index in [1.54, 1.807) is 0 Å². The summed E-state index contributed by atoms with van der Waals surface area (Å²) in [5, 5.41) is 9.03. The molecule has 0 aliphatic heterocycles. The average Bonchev–Trinajstić information content (AvgIpc) is 1.76. The second-order valence-corrected chi connectivity index (χ2v) is 0.603. The Labute approximate surface area is 57.4 Å². The molecule has 1 radical (unpaired) electrons. The van der Waals surface area contributed by atoms with Crippen LogP contribution < -0.4 is 0 Å². The number of H-pyrrole nitrogens is 1. The summed E-state index contributed by atoms with van der Waals surface area (Å²) in [6.45, 7) is 0. The summed E-state index contributed by atoms with van der Waals surface area (Å²) in [6.07, 6.45) is 3.97. The molecule has 6 heavy (non-hydrogen) atoms. The Hall–Kier alpha value is 0.140. The van der Waals surface area contributed by atoms with Crippen molar-refractivity contribution in [2.24, 2.45) is 0 Å². The van der Waals surface area contributed by atoms with Crippen molar-refractivity contribution in [3.05, 3.63) is 12.4 Å². The topological polar surface area (TPSA) is 41.6 Å². The number of hydrogen-bond donors (Lipinski definition) is 1. The normalized spacial score (nSPS) is 6.67. The van der Waals surface area contributed by atoms with Crippen LogP contribution in [0.3, 0.4) is 0 Å². The molecule has 0 saturated heterocycles. The zero-order valence-electron chi connectivity index (χ0n) is 2.47. The first-order chi connectivity index (χ1) is 2.50. The van der Waals surface area contributed by atoms with Crippen LogP contribution in [0.15, 0.2) is 6.20 Å². The molecule has 0 aliphatic carbocycles. The molecule has 1 aromatic rings. The number of hydrogen-bond acceptors (Lipinski definition) is 2. The molecule has 0 atom stereocenters. The van der Waals surface area contributed by atoms with Gasteiger partial charge in [0.1, 0.15) is 6.20 Å². The molecule has 0 fully saturated rings. The van der Waals surface area contributed by atoms with Crippen LogP contribution >= 0.6 is 0 Å². The van der Waals surface area contributed by atoms with E-state index in [4.69, 9.17) is 0 Å². The van der Waals surface area contributed by atoms with Crippen LogP contribution in [-0.4, -0.2) is 45.0 Å². The zero-order chi connectivity index (χ0) is 3.54. The molecule has 1 aromatic heterocycles. The summed E-state index contributed by atoms with van der Waals surface area (Å²) >= 11 is 0. The van der Waals surface area contributed by atoms with Gasteiger partial charge in [0, 0.05) is 0 Å². The zero-order valence-corrected chi connectivity index (χ0v) is 2.47. The molecule has 0 aromatic carbocycles. The Balaban J connectivity index is 0.000000250. The third-order valence-electron chi connectivity index (χ3n) is 0.295. The van der Waals surface area contributed by atoms with Gasteiger partial charge in [-0.3, -0.25) is 5.10 Å². The van der Waals surface area contributed by atoms with Gasteiger partial charge in [-0.2, -0.15) is 0 Å². The molecule has 1 N–H and O–H groups in total. The minimum absolute atomic E-state index is 0. The predicted molar refractivity (Wildman–Crippen MR) is 22.4 cm³/mol. The predicted octanol–water partition coefficient (Wildman–Crippen LogP) is -1.04. The minimum atomic E-state index is 0. The van der Waals surface area contributed by atoms with Crippen molar-refractivity contribution in [2.75, 3.05) is 0 Å². The smallest absolute Gasteiger partial charge is 0.134 e. The Morgan fingerprint density at radius 2 is 2.50 bits per heavy atom. The van der Waals surface area contributed by atoms with Gasteiger partial charge >= 0.3 is 29.6 Å². The van der Waals surface area contributed by atoms with Gasteiger partial charge in [0.2, 0.25) is 0 Å². The van der Waals surface area contributed by atoms with Crippen molar-refractivity contribution in [3.63, 3.8) is 0 Å². The Bertz CT molecular complexity index is 65.3. The maximum absolute atomic E-state index is 3.29. The molecule has 0 bridgehead atoms. The van der Waals surface area contributed by atoms with Gasteiger partial charge in [0.05, 0.1) is 6.20 Å². The van der Waals surface area contributed by atoms with E-state index in [0.717, 1.165) is 0 Å². The first-order valence-corrected chi connectivity index (χ1v) is 1.22. The third-order valence-corrected chi connectivity index (χ3v) is 0.295. The van der Waals surface area contributed by atoms with Crippen molar-refractivity contribution in [2.45, 2.75) is 0 Å². The molecule has 1 heterocycles. The summed E-state index contributed by atoms with van der Waals surface area (Å²) in [6, 6.07) is 0. The van der Waals surface area contributed by atoms with Gasteiger partial charge < -0.3 is 0 Å². The fourth-order valence-electron chi connectivity index (χ4n) is 0.144. The van der Waals surface area contributed by atoms with E-state index in [1.165, 1.54) is 6.20 Å². The van der Waals surface area contributed by atoms with Gasteiger partial charge in [-0.1, -0.05) is 5.21 Å². The van der Waals surface area contributed by atoms with E-state index in [0.29, 0.717) is 0 Å². The van der Waals surface area contributed by atoms with Crippen molar-refractivity contribution < 1.29 is 0 Å². The van der Waals surface area contributed by atoms with Crippen LogP contribution in [0.5, 0.6) is 0 Å². The first-order valence-electron chi connectivity index (χ1n) is 1.22. The molecule has 0 spiro atoms. The van der Waals surface area contributed by atoms with E-state index >= 15 is 0 Å². The molecular weight excluding hydrogens is 89.0 g/mol. The van der Waals surface area contributed by atoms with Crippen molar-refractivity contribution in [3.8, 4) is 0 Å². The summed E-state index contributed by atoms with van der Waals surface area (Å²) in [7, 11) is 0. The average molecular weight is 92.1 g/mol. The summed E-state index contributed by atoms with van der Waals surface area (Å²) < 4.78 is 0. The minimum Gasteiger partial charge on any atom is -0.265 e. The van der Waals surface area contributed by atoms with Crippen LogP contribution in [0.2, 0.25) is 0 Å². The standard InChI is InChI=1S/C2H2N3.Na.H/c1-2-4-5-3-1;;/h1H,(H,3,4,5);;. The van der Waals surface area contributed by atoms with Crippen LogP contribution in [0.1, 0.15) is 0 Å². The van der Waals surface area contributed by atoms with E-state index in [-0.39, 0.29) is 29.6 Å². The van der Waals surface area contributed by atoms with Crippen molar-refractivity contribution in [1.82, 2.24) is 15.4 Å². The largest absolute Gasteiger partial charge is 0.265 e.